The largest absolute Gasteiger partial charge is 0.321 e. The standard InChI is InChI=1S/C19H15N5O3/c25-17-8-9-18(26)24(17)15-5-2-13(3-6-15)19(27)22-14-4-7-16(20-12-14)23-11-1-10-21-23/h1-7,10-12H,8-9H2,(H,22,27). The van der Waals surface area contributed by atoms with E-state index in [0.29, 0.717) is 22.8 Å². The summed E-state index contributed by atoms with van der Waals surface area (Å²) in [6, 6.07) is 11.6. The van der Waals surface area contributed by atoms with Gasteiger partial charge in [0.05, 0.1) is 17.6 Å². The Labute approximate surface area is 154 Å². The maximum absolute atomic E-state index is 12.4. The van der Waals surface area contributed by atoms with Crippen LogP contribution in [0.15, 0.2) is 61.1 Å². The highest BCUT2D eigenvalue weighted by atomic mass is 16.2. The zero-order valence-electron chi connectivity index (χ0n) is 14.2. The molecule has 1 fully saturated rings. The van der Waals surface area contributed by atoms with Crippen LogP contribution in [-0.4, -0.2) is 32.5 Å². The third-order valence-corrected chi connectivity index (χ3v) is 4.18. The summed E-state index contributed by atoms with van der Waals surface area (Å²) < 4.78 is 1.62. The van der Waals surface area contributed by atoms with Gasteiger partial charge in [-0.25, -0.2) is 9.67 Å². The number of nitrogens with one attached hydrogen (secondary N) is 1. The van der Waals surface area contributed by atoms with E-state index in [2.05, 4.69) is 15.4 Å². The van der Waals surface area contributed by atoms with E-state index in [1.807, 2.05) is 0 Å². The normalized spacial score (nSPS) is 13.9. The zero-order chi connectivity index (χ0) is 18.8. The Hall–Kier alpha value is -3.81. The highest BCUT2D eigenvalue weighted by Gasteiger charge is 2.30. The molecule has 0 spiro atoms. The lowest BCUT2D eigenvalue weighted by atomic mass is 10.2. The first-order valence-corrected chi connectivity index (χ1v) is 8.35. The lowest BCUT2D eigenvalue weighted by Gasteiger charge is -2.14. The molecule has 0 aliphatic carbocycles. The van der Waals surface area contributed by atoms with Crippen LogP contribution in [0.25, 0.3) is 5.82 Å². The smallest absolute Gasteiger partial charge is 0.255 e. The summed E-state index contributed by atoms with van der Waals surface area (Å²) in [5.41, 5.74) is 1.43. The quantitative estimate of drug-likeness (QED) is 0.718. The minimum absolute atomic E-state index is 0.222. The number of carbonyl (C=O) groups is 3. The van der Waals surface area contributed by atoms with Gasteiger partial charge in [0, 0.05) is 30.8 Å². The van der Waals surface area contributed by atoms with Gasteiger partial charge in [-0.1, -0.05) is 0 Å². The van der Waals surface area contributed by atoms with Gasteiger partial charge in [0.15, 0.2) is 5.82 Å². The van der Waals surface area contributed by atoms with Gasteiger partial charge < -0.3 is 5.32 Å². The molecule has 2 aromatic heterocycles. The molecule has 134 valence electrons. The van der Waals surface area contributed by atoms with E-state index in [-0.39, 0.29) is 30.6 Å². The average molecular weight is 361 g/mol. The van der Waals surface area contributed by atoms with Gasteiger partial charge in [-0.05, 0) is 42.5 Å². The molecule has 27 heavy (non-hydrogen) atoms. The molecule has 8 heteroatoms. The van der Waals surface area contributed by atoms with Gasteiger partial charge in [0.1, 0.15) is 0 Å². The van der Waals surface area contributed by atoms with Crippen molar-refractivity contribution in [3.8, 4) is 5.82 Å². The van der Waals surface area contributed by atoms with E-state index in [9.17, 15) is 14.4 Å². The molecule has 1 N–H and O–H groups in total. The summed E-state index contributed by atoms with van der Waals surface area (Å²) in [4.78, 5) is 41.3. The molecule has 0 bridgehead atoms. The van der Waals surface area contributed by atoms with Gasteiger partial charge >= 0.3 is 0 Å². The van der Waals surface area contributed by atoms with Crippen molar-refractivity contribution in [3.63, 3.8) is 0 Å². The van der Waals surface area contributed by atoms with Crippen molar-refractivity contribution in [2.45, 2.75) is 12.8 Å². The fourth-order valence-corrected chi connectivity index (χ4v) is 2.83. The Morgan fingerprint density at radius 3 is 2.33 bits per heavy atom. The Balaban J connectivity index is 1.45. The van der Waals surface area contributed by atoms with Crippen LogP contribution in [0.5, 0.6) is 0 Å². The third-order valence-electron chi connectivity index (χ3n) is 4.18. The molecule has 1 saturated heterocycles. The van der Waals surface area contributed by atoms with Gasteiger partial charge in [-0.3, -0.25) is 19.3 Å². The molecule has 1 aliphatic rings. The summed E-state index contributed by atoms with van der Waals surface area (Å²) in [6.07, 6.45) is 5.43. The van der Waals surface area contributed by atoms with E-state index in [0.717, 1.165) is 4.90 Å². The van der Waals surface area contributed by atoms with E-state index >= 15 is 0 Å². The molecule has 0 saturated carbocycles. The Morgan fingerprint density at radius 1 is 1.00 bits per heavy atom. The van der Waals surface area contributed by atoms with Crippen molar-refractivity contribution in [1.82, 2.24) is 14.8 Å². The summed E-state index contributed by atoms with van der Waals surface area (Å²) in [7, 11) is 0. The minimum atomic E-state index is -0.311. The number of rotatable bonds is 4. The molecule has 0 atom stereocenters. The van der Waals surface area contributed by atoms with E-state index < -0.39 is 0 Å². The van der Waals surface area contributed by atoms with Crippen molar-refractivity contribution in [2.24, 2.45) is 0 Å². The second kappa shape index (κ2) is 6.83. The first-order chi connectivity index (χ1) is 13.1. The number of imide groups is 1. The van der Waals surface area contributed by atoms with Crippen molar-refractivity contribution >= 4 is 29.1 Å². The molecule has 1 aromatic carbocycles. The Kier molecular flexibility index (Phi) is 4.21. The van der Waals surface area contributed by atoms with Crippen molar-refractivity contribution in [2.75, 3.05) is 10.2 Å². The molecule has 0 radical (unpaired) electrons. The predicted octanol–water partition coefficient (Wildman–Crippen LogP) is 2.17. The van der Waals surface area contributed by atoms with Gasteiger partial charge in [-0.2, -0.15) is 5.10 Å². The van der Waals surface area contributed by atoms with Gasteiger partial charge in [0.2, 0.25) is 11.8 Å². The van der Waals surface area contributed by atoms with Gasteiger partial charge in [0.25, 0.3) is 5.91 Å². The van der Waals surface area contributed by atoms with Crippen LogP contribution in [0, 0.1) is 0 Å². The topological polar surface area (TPSA) is 97.2 Å². The van der Waals surface area contributed by atoms with Crippen molar-refractivity contribution in [1.29, 1.82) is 0 Å². The molecule has 1 aliphatic heterocycles. The molecular formula is C19H15N5O3. The van der Waals surface area contributed by atoms with E-state index in [4.69, 9.17) is 0 Å². The summed E-state index contributed by atoms with van der Waals surface area (Å²) in [5.74, 6) is -0.113. The number of hydrogen-bond donors (Lipinski definition) is 1. The second-order valence-corrected chi connectivity index (χ2v) is 5.98. The Bertz CT molecular complexity index is 979. The molecular weight excluding hydrogens is 346 g/mol. The van der Waals surface area contributed by atoms with Crippen molar-refractivity contribution in [3.05, 3.63) is 66.6 Å². The summed E-state index contributed by atoms with van der Waals surface area (Å²) in [6.45, 7) is 0. The van der Waals surface area contributed by atoms with Crippen LogP contribution in [0.3, 0.4) is 0 Å². The van der Waals surface area contributed by atoms with Crippen LogP contribution in [0.1, 0.15) is 23.2 Å². The van der Waals surface area contributed by atoms with E-state index in [1.54, 1.807) is 65.7 Å². The molecule has 0 unspecified atom stereocenters. The highest BCUT2D eigenvalue weighted by molar-refractivity contribution is 6.20. The molecule has 4 rings (SSSR count). The number of benzene rings is 1. The molecule has 3 amide bonds. The summed E-state index contributed by atoms with van der Waals surface area (Å²) in [5, 5.41) is 6.85. The van der Waals surface area contributed by atoms with Crippen molar-refractivity contribution < 1.29 is 14.4 Å². The number of nitrogens with zero attached hydrogens (tertiary/aromatic N) is 4. The number of anilines is 2. The molecule has 8 nitrogen and oxygen atoms in total. The van der Waals surface area contributed by atoms with Crippen LogP contribution < -0.4 is 10.2 Å². The van der Waals surface area contributed by atoms with Crippen LogP contribution in [-0.2, 0) is 9.59 Å². The number of aromatic nitrogens is 3. The number of amides is 3. The lowest BCUT2D eigenvalue weighted by molar-refractivity contribution is -0.121. The third kappa shape index (κ3) is 3.32. The monoisotopic (exact) mass is 361 g/mol. The fourth-order valence-electron chi connectivity index (χ4n) is 2.83. The average Bonchev–Trinajstić information content (AvgIpc) is 3.33. The predicted molar refractivity (Wildman–Crippen MR) is 97.5 cm³/mol. The highest BCUT2D eigenvalue weighted by Crippen LogP contribution is 2.23. The van der Waals surface area contributed by atoms with Gasteiger partial charge in [-0.15, -0.1) is 0 Å². The lowest BCUT2D eigenvalue weighted by Crippen LogP contribution is -2.28. The van der Waals surface area contributed by atoms with Crippen LogP contribution >= 0.6 is 0 Å². The minimum Gasteiger partial charge on any atom is -0.321 e. The number of pyridine rings is 1. The maximum atomic E-state index is 12.4. The zero-order valence-corrected chi connectivity index (χ0v) is 14.2. The fraction of sp³-hybridized carbons (Fsp3) is 0.105. The number of hydrogen-bond acceptors (Lipinski definition) is 5. The maximum Gasteiger partial charge on any atom is 0.255 e. The Morgan fingerprint density at radius 2 is 1.74 bits per heavy atom. The van der Waals surface area contributed by atoms with Crippen LogP contribution in [0.4, 0.5) is 11.4 Å². The molecule has 3 heterocycles. The number of carbonyl (C=O) groups excluding carboxylic acids is 3. The van der Waals surface area contributed by atoms with Crippen LogP contribution in [0.2, 0.25) is 0 Å². The summed E-state index contributed by atoms with van der Waals surface area (Å²) >= 11 is 0. The van der Waals surface area contributed by atoms with E-state index in [1.165, 1.54) is 0 Å². The second-order valence-electron chi connectivity index (χ2n) is 5.98. The first kappa shape index (κ1) is 16.6. The SMILES string of the molecule is O=C(Nc1ccc(-n2cccn2)nc1)c1ccc(N2C(=O)CCC2=O)cc1. The molecule has 3 aromatic rings. The first-order valence-electron chi connectivity index (χ1n) is 8.35.